The molecule has 1 aliphatic rings. The predicted octanol–water partition coefficient (Wildman–Crippen LogP) is 3.74. The van der Waals surface area contributed by atoms with E-state index in [9.17, 15) is 17.6 Å². The molecule has 0 unspecified atom stereocenters. The number of ether oxygens (including phenoxy) is 1. The monoisotopic (exact) mass is 469 g/mol. The van der Waals surface area contributed by atoms with Gasteiger partial charge < -0.3 is 15.0 Å². The van der Waals surface area contributed by atoms with Crippen LogP contribution in [0.4, 0.5) is 21.5 Å². The number of carbonyl (C=O) groups is 1. The van der Waals surface area contributed by atoms with E-state index in [4.69, 9.17) is 4.74 Å². The van der Waals surface area contributed by atoms with E-state index in [0.29, 0.717) is 37.7 Å². The fourth-order valence-electron chi connectivity index (χ4n) is 3.58. The van der Waals surface area contributed by atoms with Crippen LogP contribution in [0.15, 0.2) is 77.7 Å². The fourth-order valence-corrected chi connectivity index (χ4v) is 4.82. The molecule has 9 heteroatoms. The molecule has 1 amide bonds. The Balaban J connectivity index is 1.52. The normalized spacial score (nSPS) is 14.1. The highest BCUT2D eigenvalue weighted by molar-refractivity contribution is 7.92. The summed E-state index contributed by atoms with van der Waals surface area (Å²) in [6, 6.07) is 18.9. The first-order valence-electron chi connectivity index (χ1n) is 10.4. The summed E-state index contributed by atoms with van der Waals surface area (Å²) in [7, 11) is -2.41. The van der Waals surface area contributed by atoms with Crippen molar-refractivity contribution in [3.8, 4) is 0 Å². The number of sulfonamides is 1. The Hall–Kier alpha value is -3.43. The summed E-state index contributed by atoms with van der Waals surface area (Å²) in [6.45, 7) is 2.27. The van der Waals surface area contributed by atoms with Crippen molar-refractivity contribution in [2.75, 3.05) is 47.9 Å². The van der Waals surface area contributed by atoms with E-state index in [1.165, 1.54) is 37.4 Å². The molecule has 0 bridgehead atoms. The van der Waals surface area contributed by atoms with Gasteiger partial charge in [0, 0.05) is 31.4 Å². The minimum Gasteiger partial charge on any atom is -0.378 e. The Labute approximate surface area is 192 Å². The molecule has 3 aromatic rings. The quantitative estimate of drug-likeness (QED) is 0.595. The zero-order valence-electron chi connectivity index (χ0n) is 18.1. The van der Waals surface area contributed by atoms with Gasteiger partial charge in [0.15, 0.2) is 0 Å². The largest absolute Gasteiger partial charge is 0.378 e. The summed E-state index contributed by atoms with van der Waals surface area (Å²) >= 11 is 0. The van der Waals surface area contributed by atoms with Gasteiger partial charge in [-0.25, -0.2) is 12.8 Å². The second-order valence-electron chi connectivity index (χ2n) is 7.56. The predicted molar refractivity (Wildman–Crippen MR) is 126 cm³/mol. The number of para-hydroxylation sites is 1. The van der Waals surface area contributed by atoms with E-state index in [2.05, 4.69) is 5.32 Å². The standard InChI is InChI=1S/C24H24FN3O4S/c1-27(20-7-3-2-4-8-20)33(30,31)21-9-5-6-18(16-21)24(29)26-19-10-11-23(22(25)17-19)28-12-14-32-15-13-28/h2-11,16-17H,12-15H2,1H3,(H,26,29). The molecule has 0 radical (unpaired) electrons. The molecular weight excluding hydrogens is 445 g/mol. The summed E-state index contributed by atoms with van der Waals surface area (Å²) in [6.07, 6.45) is 0. The molecule has 7 nitrogen and oxygen atoms in total. The number of nitrogens with one attached hydrogen (secondary N) is 1. The first-order valence-corrected chi connectivity index (χ1v) is 11.9. The highest BCUT2D eigenvalue weighted by Crippen LogP contribution is 2.25. The molecule has 1 saturated heterocycles. The summed E-state index contributed by atoms with van der Waals surface area (Å²) in [4.78, 5) is 14.6. The van der Waals surface area contributed by atoms with Gasteiger partial charge in [-0.05, 0) is 48.5 Å². The van der Waals surface area contributed by atoms with Crippen LogP contribution in [0.2, 0.25) is 0 Å². The van der Waals surface area contributed by atoms with Gasteiger partial charge in [-0.1, -0.05) is 24.3 Å². The van der Waals surface area contributed by atoms with Gasteiger partial charge in [-0.2, -0.15) is 0 Å². The molecule has 33 heavy (non-hydrogen) atoms. The molecule has 3 aromatic carbocycles. The molecular formula is C24H24FN3O4S. The van der Waals surface area contributed by atoms with Crippen molar-refractivity contribution in [3.05, 3.63) is 84.2 Å². The van der Waals surface area contributed by atoms with Crippen molar-refractivity contribution in [2.24, 2.45) is 0 Å². The zero-order valence-corrected chi connectivity index (χ0v) is 18.9. The fraction of sp³-hybridized carbons (Fsp3) is 0.208. The number of benzene rings is 3. The van der Waals surface area contributed by atoms with Crippen molar-refractivity contribution < 1.29 is 22.3 Å². The van der Waals surface area contributed by atoms with E-state index in [-0.39, 0.29) is 16.1 Å². The second-order valence-corrected chi connectivity index (χ2v) is 9.52. The van der Waals surface area contributed by atoms with Gasteiger partial charge >= 0.3 is 0 Å². The lowest BCUT2D eigenvalue weighted by Crippen LogP contribution is -2.36. The van der Waals surface area contributed by atoms with Gasteiger partial charge in [0.05, 0.1) is 29.5 Å². The Morgan fingerprint density at radius 3 is 2.42 bits per heavy atom. The number of hydrogen-bond donors (Lipinski definition) is 1. The number of morpholine rings is 1. The van der Waals surface area contributed by atoms with Crippen molar-refractivity contribution in [1.82, 2.24) is 0 Å². The summed E-state index contributed by atoms with van der Waals surface area (Å²) in [5.74, 6) is -0.983. The Kier molecular flexibility index (Phi) is 6.62. The van der Waals surface area contributed by atoms with Crippen LogP contribution in [-0.2, 0) is 14.8 Å². The average molecular weight is 470 g/mol. The van der Waals surface area contributed by atoms with Gasteiger partial charge in [0.25, 0.3) is 15.9 Å². The highest BCUT2D eigenvalue weighted by atomic mass is 32.2. The first kappa shape index (κ1) is 22.8. The summed E-state index contributed by atoms with van der Waals surface area (Å²) in [5.41, 5.74) is 1.39. The smallest absolute Gasteiger partial charge is 0.264 e. The number of nitrogens with zero attached hydrogens (tertiary/aromatic N) is 2. The molecule has 4 rings (SSSR count). The average Bonchev–Trinajstić information content (AvgIpc) is 2.85. The topological polar surface area (TPSA) is 79.0 Å². The molecule has 0 aromatic heterocycles. The molecule has 1 heterocycles. The highest BCUT2D eigenvalue weighted by Gasteiger charge is 2.22. The first-order chi connectivity index (χ1) is 15.9. The van der Waals surface area contributed by atoms with E-state index < -0.39 is 21.7 Å². The number of hydrogen-bond acceptors (Lipinski definition) is 5. The number of amides is 1. The van der Waals surface area contributed by atoms with Crippen LogP contribution in [0, 0.1) is 5.82 Å². The van der Waals surface area contributed by atoms with Crippen LogP contribution in [-0.4, -0.2) is 47.7 Å². The molecule has 1 fully saturated rings. The number of halogens is 1. The lowest BCUT2D eigenvalue weighted by Gasteiger charge is -2.29. The minimum atomic E-state index is -3.87. The van der Waals surface area contributed by atoms with Crippen LogP contribution in [0.25, 0.3) is 0 Å². The maximum absolute atomic E-state index is 14.6. The molecule has 1 N–H and O–H groups in total. The lowest BCUT2D eigenvalue weighted by molar-refractivity contribution is 0.102. The van der Waals surface area contributed by atoms with Crippen LogP contribution in [0.5, 0.6) is 0 Å². The Morgan fingerprint density at radius 2 is 1.73 bits per heavy atom. The third-order valence-corrected chi connectivity index (χ3v) is 7.21. The van der Waals surface area contributed by atoms with Crippen molar-refractivity contribution in [1.29, 1.82) is 0 Å². The Morgan fingerprint density at radius 1 is 1.00 bits per heavy atom. The van der Waals surface area contributed by atoms with Crippen molar-refractivity contribution in [3.63, 3.8) is 0 Å². The molecule has 172 valence electrons. The van der Waals surface area contributed by atoms with Crippen molar-refractivity contribution >= 4 is 33.0 Å². The van der Waals surface area contributed by atoms with Gasteiger partial charge in [-0.3, -0.25) is 9.10 Å². The summed E-state index contributed by atoms with van der Waals surface area (Å²) in [5, 5.41) is 2.64. The van der Waals surface area contributed by atoms with Crippen LogP contribution in [0.3, 0.4) is 0 Å². The molecule has 0 atom stereocenters. The SMILES string of the molecule is CN(c1ccccc1)S(=O)(=O)c1cccc(C(=O)Nc2ccc(N3CCOCC3)c(F)c2)c1. The molecule has 0 saturated carbocycles. The van der Waals surface area contributed by atoms with E-state index >= 15 is 0 Å². The van der Waals surface area contributed by atoms with E-state index in [1.807, 2.05) is 4.90 Å². The van der Waals surface area contributed by atoms with Gasteiger partial charge in [0.2, 0.25) is 0 Å². The summed E-state index contributed by atoms with van der Waals surface area (Å²) < 4.78 is 47.1. The third-order valence-electron chi connectivity index (χ3n) is 5.43. The van der Waals surface area contributed by atoms with Crippen molar-refractivity contribution in [2.45, 2.75) is 4.90 Å². The number of carbonyl (C=O) groups excluding carboxylic acids is 1. The Bertz CT molecular complexity index is 1250. The van der Waals surface area contributed by atoms with Gasteiger partial charge in [-0.15, -0.1) is 0 Å². The maximum Gasteiger partial charge on any atom is 0.264 e. The molecule has 0 spiro atoms. The molecule has 0 aliphatic carbocycles. The van der Waals surface area contributed by atoms with E-state index in [0.717, 1.165) is 4.31 Å². The number of rotatable bonds is 6. The zero-order chi connectivity index (χ0) is 23.4. The van der Waals surface area contributed by atoms with Gasteiger partial charge in [0.1, 0.15) is 5.82 Å². The lowest BCUT2D eigenvalue weighted by atomic mass is 10.2. The second kappa shape index (κ2) is 9.60. The van der Waals surface area contributed by atoms with Crippen LogP contribution in [0.1, 0.15) is 10.4 Å². The number of anilines is 3. The van der Waals surface area contributed by atoms with Crippen LogP contribution < -0.4 is 14.5 Å². The maximum atomic E-state index is 14.6. The van der Waals surface area contributed by atoms with Crippen LogP contribution >= 0.6 is 0 Å². The third kappa shape index (κ3) is 4.99. The minimum absolute atomic E-state index is 0.0182. The molecule has 1 aliphatic heterocycles. The van der Waals surface area contributed by atoms with E-state index in [1.54, 1.807) is 42.5 Å².